The van der Waals surface area contributed by atoms with Crippen LogP contribution in [0.25, 0.3) is 11.6 Å². The van der Waals surface area contributed by atoms with E-state index in [1.54, 1.807) is 0 Å². The second kappa shape index (κ2) is 27.2. The Morgan fingerprint density at radius 1 is 1.04 bits per heavy atom. The minimum Gasteiger partial charge on any atom is -0.446 e. The Balaban J connectivity index is 0.00000347. The number of fused-ring (bicyclic) bond motifs is 2. The van der Waals surface area contributed by atoms with E-state index in [1.165, 1.54) is 39.2 Å². The molecular formula is C43H70N3O5P. The van der Waals surface area contributed by atoms with Gasteiger partial charge in [-0.15, -0.1) is 0 Å². The maximum Gasteiger partial charge on any atom is 0.469 e. The molecule has 3 rings (SSSR count). The summed E-state index contributed by atoms with van der Waals surface area (Å²) < 4.78 is 21.7. The third kappa shape index (κ3) is 17.4. The number of nitrogens with zero attached hydrogens (tertiary/aromatic N) is 1. The molecule has 0 bridgehead atoms. The van der Waals surface area contributed by atoms with Crippen molar-refractivity contribution in [1.82, 2.24) is 5.32 Å². The van der Waals surface area contributed by atoms with Gasteiger partial charge in [-0.3, -0.25) is 4.52 Å². The first-order valence-corrected chi connectivity index (χ1v) is 20.8. The molecule has 9 heteroatoms. The van der Waals surface area contributed by atoms with E-state index in [0.29, 0.717) is 12.2 Å². The summed E-state index contributed by atoms with van der Waals surface area (Å²) in [5, 5.41) is 5.37. The Bertz CT molecular complexity index is 1600. The lowest BCUT2D eigenvalue weighted by Gasteiger charge is -2.26. The molecule has 0 aliphatic heterocycles. The van der Waals surface area contributed by atoms with E-state index in [4.69, 9.17) is 20.3 Å². The van der Waals surface area contributed by atoms with Crippen LogP contribution in [0, 0.1) is 0 Å². The number of anilines is 1. The second-order valence-corrected chi connectivity index (χ2v) is 13.0. The van der Waals surface area contributed by atoms with E-state index in [2.05, 4.69) is 104 Å². The second-order valence-electron chi connectivity index (χ2n) is 11.8. The SMILES string of the molecule is C=C(NCCOP(=O)(O)O)OC(=C/C(=C\C)C1=c2cc/c(=C/CCC)cc2Cc2cc(N(CC)CC)ccc21)C/C=C\C(C)N.CC.CC.CCC. The summed E-state index contributed by atoms with van der Waals surface area (Å²) >= 11 is 0. The fourth-order valence-electron chi connectivity index (χ4n) is 5.41. The Kier molecular flexibility index (Phi) is 25.5. The van der Waals surface area contributed by atoms with Gasteiger partial charge >= 0.3 is 7.82 Å². The van der Waals surface area contributed by atoms with Gasteiger partial charge in [0.1, 0.15) is 5.76 Å². The zero-order valence-electron chi connectivity index (χ0n) is 34.1. The number of allylic oxidation sites excluding steroid dienone is 4. The molecule has 1 atom stereocenters. The average Bonchev–Trinajstić information content (AvgIpc) is 3.12. The Labute approximate surface area is 316 Å². The van der Waals surface area contributed by atoms with Gasteiger partial charge in [0.25, 0.3) is 0 Å². The Morgan fingerprint density at radius 2 is 1.69 bits per heavy atom. The van der Waals surface area contributed by atoms with E-state index < -0.39 is 7.82 Å². The van der Waals surface area contributed by atoms with Crippen molar-refractivity contribution in [2.24, 2.45) is 5.73 Å². The molecule has 0 aromatic heterocycles. The molecule has 0 spiro atoms. The number of unbranched alkanes of at least 4 members (excludes halogenated alkanes) is 1. The minimum absolute atomic E-state index is 0.108. The lowest BCUT2D eigenvalue weighted by Crippen LogP contribution is -2.25. The first-order valence-electron chi connectivity index (χ1n) is 19.2. The summed E-state index contributed by atoms with van der Waals surface area (Å²) in [6.07, 6.45) is 15.0. The zero-order valence-corrected chi connectivity index (χ0v) is 35.0. The normalized spacial score (nSPS) is 13.3. The van der Waals surface area contributed by atoms with Crippen molar-refractivity contribution in [1.29, 1.82) is 0 Å². The molecule has 8 nitrogen and oxygen atoms in total. The number of benzene rings is 2. The van der Waals surface area contributed by atoms with E-state index in [0.717, 1.165) is 43.5 Å². The van der Waals surface area contributed by atoms with Gasteiger partial charge in [-0.25, -0.2) is 4.57 Å². The number of rotatable bonds is 17. The predicted octanol–water partition coefficient (Wildman–Crippen LogP) is 9.00. The summed E-state index contributed by atoms with van der Waals surface area (Å²) in [7, 11) is -4.55. The van der Waals surface area contributed by atoms with Gasteiger partial charge in [0.15, 0.2) is 5.88 Å². The van der Waals surface area contributed by atoms with Gasteiger partial charge in [0.2, 0.25) is 0 Å². The molecule has 1 unspecified atom stereocenters. The fourth-order valence-corrected chi connectivity index (χ4v) is 5.74. The van der Waals surface area contributed by atoms with Gasteiger partial charge < -0.3 is 30.5 Å². The number of ether oxygens (including phenoxy) is 1. The van der Waals surface area contributed by atoms with Crippen molar-refractivity contribution in [2.45, 2.75) is 114 Å². The molecule has 0 fully saturated rings. The van der Waals surface area contributed by atoms with Crippen molar-refractivity contribution in [3.05, 3.63) is 112 Å². The number of phosphoric ester groups is 1. The third-order valence-corrected chi connectivity index (χ3v) is 8.07. The van der Waals surface area contributed by atoms with Crippen molar-refractivity contribution >= 4 is 25.2 Å². The number of phosphoric acid groups is 1. The number of hydrogen-bond acceptors (Lipinski definition) is 6. The molecule has 1 aliphatic carbocycles. The highest BCUT2D eigenvalue weighted by atomic mass is 31.2. The molecule has 292 valence electrons. The molecule has 0 heterocycles. The number of hydrogen-bond donors (Lipinski definition) is 4. The van der Waals surface area contributed by atoms with Crippen LogP contribution < -0.4 is 26.4 Å². The van der Waals surface area contributed by atoms with E-state index in [-0.39, 0.29) is 25.1 Å². The van der Waals surface area contributed by atoms with Crippen LogP contribution in [0.1, 0.15) is 119 Å². The average molecular weight is 740 g/mol. The standard InChI is InChI=1S/C36H50N3O5P.C3H8.2C2H6/c1-7-11-14-28-16-18-34-30(22-28)23-31-24-32(39(9-3)10-4)17-19-35(31)36(34)29(8-2)25-33(15-12-13-26(5)37)44-27(6)38-20-21-43-45(40,41)42;1-3-2;2*1-2/h8,12-14,16-19,22,24-26,38H,6-7,9-11,15,20-21,23,37H2,1-5H3,(H2,40,41,42);3H2,1-2H3;2*1-2H3/b13-12-,28-14-,29-8+,33-25?;;;. The van der Waals surface area contributed by atoms with Crippen LogP contribution in [0.4, 0.5) is 5.69 Å². The van der Waals surface area contributed by atoms with Crippen LogP contribution in [0.2, 0.25) is 0 Å². The van der Waals surface area contributed by atoms with Gasteiger partial charge in [-0.05, 0) is 104 Å². The fraction of sp³-hybridized carbons (Fsp3) is 0.488. The highest BCUT2D eigenvalue weighted by Gasteiger charge is 2.21. The molecular weight excluding hydrogens is 669 g/mol. The molecule has 2 aromatic carbocycles. The van der Waals surface area contributed by atoms with Crippen molar-refractivity contribution < 1.29 is 23.6 Å². The summed E-state index contributed by atoms with van der Waals surface area (Å²) in [5.74, 6) is 0.886. The summed E-state index contributed by atoms with van der Waals surface area (Å²) in [6.45, 7) is 28.5. The first-order chi connectivity index (χ1) is 24.9. The topological polar surface area (TPSA) is 117 Å². The molecule has 0 radical (unpaired) electrons. The molecule has 0 saturated carbocycles. The predicted molar refractivity (Wildman–Crippen MR) is 225 cm³/mol. The Morgan fingerprint density at radius 3 is 2.25 bits per heavy atom. The van der Waals surface area contributed by atoms with Crippen molar-refractivity contribution in [3.63, 3.8) is 0 Å². The van der Waals surface area contributed by atoms with Gasteiger partial charge in [-0.2, -0.15) is 0 Å². The monoisotopic (exact) mass is 740 g/mol. The van der Waals surface area contributed by atoms with Crippen molar-refractivity contribution in [3.8, 4) is 0 Å². The van der Waals surface area contributed by atoms with Crippen molar-refractivity contribution in [2.75, 3.05) is 31.1 Å². The molecule has 0 amide bonds. The first kappa shape index (κ1) is 48.6. The van der Waals surface area contributed by atoms with Crippen LogP contribution in [0.15, 0.2) is 84.5 Å². The van der Waals surface area contributed by atoms with Crippen LogP contribution in [0.5, 0.6) is 0 Å². The van der Waals surface area contributed by atoms with Crippen LogP contribution in [-0.2, 0) is 20.2 Å². The van der Waals surface area contributed by atoms with E-state index in [9.17, 15) is 4.57 Å². The molecule has 1 aliphatic rings. The summed E-state index contributed by atoms with van der Waals surface area (Å²) in [5.41, 5.74) is 13.1. The highest BCUT2D eigenvalue weighted by Crippen LogP contribution is 2.35. The molecule has 2 aromatic rings. The molecule has 52 heavy (non-hydrogen) atoms. The van der Waals surface area contributed by atoms with Gasteiger partial charge in [0, 0.05) is 37.8 Å². The lowest BCUT2D eigenvalue weighted by atomic mass is 9.82. The van der Waals surface area contributed by atoms with E-state index >= 15 is 0 Å². The number of nitrogens with two attached hydrogens (primary N) is 1. The zero-order chi connectivity index (χ0) is 39.7. The van der Waals surface area contributed by atoms with Crippen LogP contribution in [-0.4, -0.2) is 42.1 Å². The molecule has 5 N–H and O–H groups in total. The quantitative estimate of drug-likeness (QED) is 0.0418. The third-order valence-electron chi connectivity index (χ3n) is 7.55. The summed E-state index contributed by atoms with van der Waals surface area (Å²) in [4.78, 5) is 20.3. The number of nitrogens with one attached hydrogen (secondary N) is 1. The van der Waals surface area contributed by atoms with Gasteiger partial charge in [-0.1, -0.05) is 110 Å². The Hall–Kier alpha value is -3.39. The van der Waals surface area contributed by atoms with Crippen LogP contribution >= 0.6 is 7.82 Å². The molecule has 0 saturated heterocycles. The van der Waals surface area contributed by atoms with Crippen LogP contribution in [0.3, 0.4) is 0 Å². The maximum atomic E-state index is 11.0. The lowest BCUT2D eigenvalue weighted by molar-refractivity contribution is 0.192. The maximum absolute atomic E-state index is 11.0. The minimum atomic E-state index is -4.55. The van der Waals surface area contributed by atoms with E-state index in [1.807, 2.05) is 59.8 Å². The highest BCUT2D eigenvalue weighted by molar-refractivity contribution is 7.46. The smallest absolute Gasteiger partial charge is 0.446 e. The largest absolute Gasteiger partial charge is 0.469 e. The summed E-state index contributed by atoms with van der Waals surface area (Å²) in [6, 6.07) is 13.4. The van der Waals surface area contributed by atoms with Gasteiger partial charge in [0.05, 0.1) is 6.61 Å².